The lowest BCUT2D eigenvalue weighted by Crippen LogP contribution is -2.39. The molecule has 0 fully saturated rings. The van der Waals surface area contributed by atoms with Crippen molar-refractivity contribution in [2.24, 2.45) is 5.73 Å². The van der Waals surface area contributed by atoms with Crippen LogP contribution < -0.4 is 11.1 Å². The molecule has 0 aromatic heterocycles. The number of nitrogens with two attached hydrogens (primary N) is 1. The molecule has 1 rings (SSSR count). The number of carbonyl (C=O) groups is 2. The third-order valence-electron chi connectivity index (χ3n) is 2.82. The topological polar surface area (TPSA) is 92.4 Å². The van der Waals surface area contributed by atoms with E-state index in [2.05, 4.69) is 12.2 Å². The minimum atomic E-state index is -1.35. The van der Waals surface area contributed by atoms with E-state index in [4.69, 9.17) is 5.73 Å². The molecule has 104 valence electrons. The van der Waals surface area contributed by atoms with Gasteiger partial charge in [-0.1, -0.05) is 25.5 Å². The molecule has 5 heteroatoms. The van der Waals surface area contributed by atoms with Crippen molar-refractivity contribution in [3.05, 3.63) is 35.4 Å². The highest BCUT2D eigenvalue weighted by Gasteiger charge is 2.12. The number of benzene rings is 1. The largest absolute Gasteiger partial charge is 0.381 e. The van der Waals surface area contributed by atoms with Gasteiger partial charge < -0.3 is 16.2 Å². The van der Waals surface area contributed by atoms with Crippen molar-refractivity contribution in [3.8, 4) is 0 Å². The summed E-state index contributed by atoms with van der Waals surface area (Å²) in [6, 6.07) is 7.29. The van der Waals surface area contributed by atoms with Crippen molar-refractivity contribution in [2.75, 3.05) is 6.54 Å². The summed E-state index contributed by atoms with van der Waals surface area (Å²) in [6.07, 6.45) is 1.90. The predicted octanol–water partition coefficient (Wildman–Crippen LogP) is 0.605. The van der Waals surface area contributed by atoms with Crippen molar-refractivity contribution in [2.45, 2.75) is 32.3 Å². The molecule has 0 spiro atoms. The second-order valence-corrected chi connectivity index (χ2v) is 4.43. The minimum Gasteiger partial charge on any atom is -0.381 e. The van der Waals surface area contributed by atoms with Gasteiger partial charge in [-0.15, -0.1) is 0 Å². The summed E-state index contributed by atoms with van der Waals surface area (Å²) in [5, 5.41) is 11.6. The Morgan fingerprint density at radius 1 is 1.32 bits per heavy atom. The number of aliphatic hydroxyl groups excluding tert-OH is 1. The van der Waals surface area contributed by atoms with Gasteiger partial charge in [0.1, 0.15) is 6.10 Å². The summed E-state index contributed by atoms with van der Waals surface area (Å²) < 4.78 is 0. The summed E-state index contributed by atoms with van der Waals surface area (Å²) >= 11 is 0. The van der Waals surface area contributed by atoms with E-state index in [1.54, 1.807) is 12.1 Å². The van der Waals surface area contributed by atoms with E-state index in [9.17, 15) is 14.7 Å². The van der Waals surface area contributed by atoms with Gasteiger partial charge >= 0.3 is 0 Å². The van der Waals surface area contributed by atoms with Crippen molar-refractivity contribution in [1.82, 2.24) is 5.32 Å². The van der Waals surface area contributed by atoms with Crippen LogP contribution in [0.4, 0.5) is 0 Å². The number of aliphatic hydroxyl groups is 1. The number of hydrogen-bond donors (Lipinski definition) is 3. The third kappa shape index (κ3) is 5.09. The fourth-order valence-electron chi connectivity index (χ4n) is 1.60. The number of unbranched alkanes of at least 4 members (excludes halogenated alkanes) is 1. The first-order chi connectivity index (χ1) is 9.04. The van der Waals surface area contributed by atoms with Gasteiger partial charge in [-0.3, -0.25) is 9.59 Å². The van der Waals surface area contributed by atoms with Gasteiger partial charge in [0, 0.05) is 5.56 Å². The lowest BCUT2D eigenvalue weighted by molar-refractivity contribution is -0.125. The van der Waals surface area contributed by atoms with Crippen LogP contribution in [0.1, 0.15) is 35.7 Å². The van der Waals surface area contributed by atoms with E-state index in [0.717, 1.165) is 19.3 Å². The van der Waals surface area contributed by atoms with Crippen LogP contribution in [-0.2, 0) is 11.2 Å². The zero-order valence-electron chi connectivity index (χ0n) is 11.1. The molecule has 19 heavy (non-hydrogen) atoms. The quantitative estimate of drug-likeness (QED) is 0.673. The highest BCUT2D eigenvalue weighted by Crippen LogP contribution is 2.07. The van der Waals surface area contributed by atoms with Gasteiger partial charge in [0.15, 0.2) is 0 Å². The summed E-state index contributed by atoms with van der Waals surface area (Å²) in [5.74, 6) is -1.18. The van der Waals surface area contributed by atoms with E-state index in [1.165, 1.54) is 5.56 Å². The molecule has 0 saturated carbocycles. The number of nitrogens with one attached hydrogen (secondary N) is 1. The first-order valence-corrected chi connectivity index (χ1v) is 6.39. The molecular weight excluding hydrogens is 244 g/mol. The van der Waals surface area contributed by atoms with Gasteiger partial charge in [-0.25, -0.2) is 0 Å². The van der Waals surface area contributed by atoms with Crippen LogP contribution in [0.5, 0.6) is 0 Å². The maximum Gasteiger partial charge on any atom is 0.251 e. The Morgan fingerprint density at radius 3 is 2.47 bits per heavy atom. The highest BCUT2D eigenvalue weighted by atomic mass is 16.3. The summed E-state index contributed by atoms with van der Waals surface area (Å²) in [5.41, 5.74) is 6.57. The Labute approximate surface area is 112 Å². The van der Waals surface area contributed by atoms with Crippen LogP contribution in [-0.4, -0.2) is 29.6 Å². The van der Waals surface area contributed by atoms with Gasteiger partial charge in [-0.2, -0.15) is 0 Å². The molecule has 1 aromatic carbocycles. The molecule has 4 N–H and O–H groups in total. The lowest BCUT2D eigenvalue weighted by Gasteiger charge is -2.09. The molecule has 0 radical (unpaired) electrons. The maximum absolute atomic E-state index is 11.7. The lowest BCUT2D eigenvalue weighted by atomic mass is 10.1. The Bertz CT molecular complexity index is 429. The Balaban J connectivity index is 2.51. The molecule has 1 unspecified atom stereocenters. The van der Waals surface area contributed by atoms with Crippen LogP contribution in [0, 0.1) is 0 Å². The molecule has 0 heterocycles. The average molecular weight is 264 g/mol. The van der Waals surface area contributed by atoms with E-state index in [1.807, 2.05) is 12.1 Å². The normalized spacial score (nSPS) is 11.9. The van der Waals surface area contributed by atoms with Gasteiger partial charge in [-0.05, 0) is 30.5 Å². The number of primary amides is 1. The standard InChI is InChI=1S/C14H20N2O3/c1-2-3-4-10-5-7-11(8-6-10)14(19)16-9-12(17)13(15)18/h5-8,12,17H,2-4,9H2,1H3,(H2,15,18)(H,16,19). The van der Waals surface area contributed by atoms with Crippen LogP contribution in [0.15, 0.2) is 24.3 Å². The van der Waals surface area contributed by atoms with Crippen molar-refractivity contribution >= 4 is 11.8 Å². The molecule has 0 aliphatic carbocycles. The van der Waals surface area contributed by atoms with E-state index < -0.39 is 12.0 Å². The first-order valence-electron chi connectivity index (χ1n) is 6.39. The summed E-state index contributed by atoms with van der Waals surface area (Å²) in [6.45, 7) is 1.96. The van der Waals surface area contributed by atoms with Crippen molar-refractivity contribution < 1.29 is 14.7 Å². The van der Waals surface area contributed by atoms with Crippen LogP contribution in [0.2, 0.25) is 0 Å². The SMILES string of the molecule is CCCCc1ccc(C(=O)NCC(O)C(N)=O)cc1. The van der Waals surface area contributed by atoms with Gasteiger partial charge in [0.25, 0.3) is 5.91 Å². The molecule has 1 atom stereocenters. The molecule has 1 aromatic rings. The van der Waals surface area contributed by atoms with Crippen molar-refractivity contribution in [3.63, 3.8) is 0 Å². The van der Waals surface area contributed by atoms with Gasteiger partial charge in [0.05, 0.1) is 6.54 Å². The first kappa shape index (κ1) is 15.2. The number of amides is 2. The number of aryl methyl sites for hydroxylation is 1. The Kier molecular flexibility index (Phi) is 6.02. The number of carbonyl (C=O) groups excluding carboxylic acids is 2. The van der Waals surface area contributed by atoms with E-state index in [0.29, 0.717) is 5.56 Å². The van der Waals surface area contributed by atoms with Crippen LogP contribution in [0.3, 0.4) is 0 Å². The van der Waals surface area contributed by atoms with Crippen molar-refractivity contribution in [1.29, 1.82) is 0 Å². The van der Waals surface area contributed by atoms with Crippen LogP contribution in [0.25, 0.3) is 0 Å². The highest BCUT2D eigenvalue weighted by molar-refractivity contribution is 5.94. The van der Waals surface area contributed by atoms with E-state index >= 15 is 0 Å². The maximum atomic E-state index is 11.7. The third-order valence-corrected chi connectivity index (χ3v) is 2.82. The van der Waals surface area contributed by atoms with Gasteiger partial charge in [0.2, 0.25) is 5.91 Å². The zero-order chi connectivity index (χ0) is 14.3. The Morgan fingerprint density at radius 2 is 1.95 bits per heavy atom. The monoisotopic (exact) mass is 264 g/mol. The Hall–Kier alpha value is -1.88. The number of hydrogen-bond acceptors (Lipinski definition) is 3. The minimum absolute atomic E-state index is 0.175. The molecule has 0 bridgehead atoms. The second kappa shape index (κ2) is 7.53. The fraction of sp³-hybridized carbons (Fsp3) is 0.429. The predicted molar refractivity (Wildman–Crippen MR) is 72.6 cm³/mol. The summed E-state index contributed by atoms with van der Waals surface area (Å²) in [7, 11) is 0. The molecule has 0 saturated heterocycles. The molecule has 0 aliphatic rings. The van der Waals surface area contributed by atoms with Crippen LogP contribution >= 0.6 is 0 Å². The molecular formula is C14H20N2O3. The van der Waals surface area contributed by atoms with E-state index in [-0.39, 0.29) is 12.5 Å². The second-order valence-electron chi connectivity index (χ2n) is 4.43. The summed E-state index contributed by atoms with van der Waals surface area (Å²) in [4.78, 5) is 22.3. The fourth-order valence-corrected chi connectivity index (χ4v) is 1.60. The smallest absolute Gasteiger partial charge is 0.251 e. The zero-order valence-corrected chi connectivity index (χ0v) is 11.1. The number of rotatable bonds is 7. The average Bonchev–Trinajstić information content (AvgIpc) is 2.42. The molecule has 5 nitrogen and oxygen atoms in total. The molecule has 0 aliphatic heterocycles. The molecule has 2 amide bonds.